The van der Waals surface area contributed by atoms with Crippen molar-refractivity contribution in [3.05, 3.63) is 28.2 Å². The van der Waals surface area contributed by atoms with E-state index in [0.717, 1.165) is 22.1 Å². The van der Waals surface area contributed by atoms with Gasteiger partial charge in [-0.2, -0.15) is 0 Å². The van der Waals surface area contributed by atoms with Gasteiger partial charge < -0.3 is 4.90 Å². The summed E-state index contributed by atoms with van der Waals surface area (Å²) in [6.07, 6.45) is 1.13. The second-order valence-electron chi connectivity index (χ2n) is 3.92. The maximum absolute atomic E-state index is 11.7. The Morgan fingerprint density at radius 2 is 2.06 bits per heavy atom. The Balaban J connectivity index is 2.32. The molecule has 1 saturated heterocycles. The first kappa shape index (κ1) is 11.3. The summed E-state index contributed by atoms with van der Waals surface area (Å²) in [7, 11) is 0. The van der Waals surface area contributed by atoms with Crippen molar-refractivity contribution in [2.45, 2.75) is 19.8 Å². The zero-order chi connectivity index (χ0) is 11.7. The van der Waals surface area contributed by atoms with Gasteiger partial charge in [0.25, 0.3) is 5.91 Å². The minimum Gasteiger partial charge on any atom is -0.306 e. The molecule has 0 radical (unpaired) electrons. The molecule has 0 N–H and O–H groups in total. The molecule has 1 heterocycles. The van der Waals surface area contributed by atoms with Crippen molar-refractivity contribution >= 4 is 33.3 Å². The van der Waals surface area contributed by atoms with E-state index in [2.05, 4.69) is 15.9 Å². The molecule has 0 unspecified atom stereocenters. The zero-order valence-electron chi connectivity index (χ0n) is 9.00. The standard InChI is InChI=1S/C12H12BrNO2/c1-8-7-9(4-5-10(8)13)14-6-2-3-11(15)12(14)16/h4-5,7H,2-3,6H2,1H3. The Bertz CT molecular complexity index is 456. The van der Waals surface area contributed by atoms with E-state index in [4.69, 9.17) is 0 Å². The Kier molecular flexibility index (Phi) is 3.10. The molecule has 0 spiro atoms. The first-order valence-corrected chi connectivity index (χ1v) is 6.00. The van der Waals surface area contributed by atoms with Crippen LogP contribution in [0.4, 0.5) is 5.69 Å². The molecular weight excluding hydrogens is 270 g/mol. The van der Waals surface area contributed by atoms with E-state index in [1.807, 2.05) is 25.1 Å². The number of aryl methyl sites for hydroxylation is 1. The predicted octanol–water partition coefficient (Wildman–Crippen LogP) is 2.45. The third-order valence-electron chi connectivity index (χ3n) is 2.72. The van der Waals surface area contributed by atoms with Gasteiger partial charge in [-0.1, -0.05) is 15.9 Å². The number of benzene rings is 1. The van der Waals surface area contributed by atoms with Crippen LogP contribution in [0.3, 0.4) is 0 Å². The molecule has 4 heteroatoms. The molecule has 1 aromatic rings. The van der Waals surface area contributed by atoms with E-state index >= 15 is 0 Å². The van der Waals surface area contributed by atoms with Gasteiger partial charge in [0.2, 0.25) is 5.78 Å². The number of anilines is 1. The SMILES string of the molecule is Cc1cc(N2CCCC(=O)C2=O)ccc1Br. The van der Waals surface area contributed by atoms with Gasteiger partial charge in [0.1, 0.15) is 0 Å². The Labute approximate surface area is 103 Å². The van der Waals surface area contributed by atoms with Gasteiger partial charge in [-0.3, -0.25) is 9.59 Å². The van der Waals surface area contributed by atoms with Crippen molar-refractivity contribution in [2.24, 2.45) is 0 Å². The van der Waals surface area contributed by atoms with E-state index in [-0.39, 0.29) is 11.7 Å². The maximum atomic E-state index is 11.7. The van der Waals surface area contributed by atoms with Crippen LogP contribution in [0, 0.1) is 6.92 Å². The molecule has 0 atom stereocenters. The molecule has 2 rings (SSSR count). The van der Waals surface area contributed by atoms with Gasteiger partial charge >= 0.3 is 0 Å². The zero-order valence-corrected chi connectivity index (χ0v) is 10.6. The van der Waals surface area contributed by atoms with E-state index in [1.54, 1.807) is 4.90 Å². The fourth-order valence-corrected chi connectivity index (χ4v) is 2.05. The van der Waals surface area contributed by atoms with Crippen LogP contribution in [0.15, 0.2) is 22.7 Å². The van der Waals surface area contributed by atoms with Crippen LogP contribution in [-0.2, 0) is 9.59 Å². The highest BCUT2D eigenvalue weighted by molar-refractivity contribution is 9.10. The first-order chi connectivity index (χ1) is 7.59. The molecule has 1 aliphatic heterocycles. The molecule has 0 bridgehead atoms. The van der Waals surface area contributed by atoms with E-state index < -0.39 is 0 Å². The minimum absolute atomic E-state index is 0.285. The quantitative estimate of drug-likeness (QED) is 0.742. The third-order valence-corrected chi connectivity index (χ3v) is 3.61. The van der Waals surface area contributed by atoms with Gasteiger partial charge in [-0.05, 0) is 37.1 Å². The molecule has 1 amide bonds. The van der Waals surface area contributed by atoms with Gasteiger partial charge in [-0.15, -0.1) is 0 Å². The number of halogens is 1. The summed E-state index contributed by atoms with van der Waals surface area (Å²) in [5.41, 5.74) is 1.86. The molecule has 1 aliphatic rings. The molecule has 0 saturated carbocycles. The summed E-state index contributed by atoms with van der Waals surface area (Å²) in [6, 6.07) is 5.67. The summed E-state index contributed by atoms with van der Waals surface area (Å²) < 4.78 is 1.01. The largest absolute Gasteiger partial charge is 0.306 e. The monoisotopic (exact) mass is 281 g/mol. The number of nitrogens with zero attached hydrogens (tertiary/aromatic N) is 1. The number of hydrogen-bond acceptors (Lipinski definition) is 2. The number of amides is 1. The highest BCUT2D eigenvalue weighted by Gasteiger charge is 2.27. The average Bonchev–Trinajstić information content (AvgIpc) is 2.26. The lowest BCUT2D eigenvalue weighted by Gasteiger charge is -2.26. The smallest absolute Gasteiger partial charge is 0.294 e. The van der Waals surface area contributed by atoms with Crippen molar-refractivity contribution in [3.63, 3.8) is 0 Å². The summed E-state index contributed by atoms with van der Waals surface area (Å²) in [5.74, 6) is -0.667. The summed E-state index contributed by atoms with van der Waals surface area (Å²) in [4.78, 5) is 24.6. The van der Waals surface area contributed by atoms with Crippen molar-refractivity contribution in [3.8, 4) is 0 Å². The molecule has 16 heavy (non-hydrogen) atoms. The van der Waals surface area contributed by atoms with Crippen LogP contribution in [-0.4, -0.2) is 18.2 Å². The van der Waals surface area contributed by atoms with Crippen LogP contribution in [0.2, 0.25) is 0 Å². The molecule has 0 aliphatic carbocycles. The number of ketones is 1. The van der Waals surface area contributed by atoms with E-state index in [1.165, 1.54) is 0 Å². The minimum atomic E-state index is -0.382. The number of Topliss-reactive ketones (excluding diaryl/α,β-unsaturated/α-hetero) is 1. The topological polar surface area (TPSA) is 37.4 Å². The predicted molar refractivity (Wildman–Crippen MR) is 65.5 cm³/mol. The Hall–Kier alpha value is -1.16. The van der Waals surface area contributed by atoms with Crippen LogP contribution in [0.5, 0.6) is 0 Å². The van der Waals surface area contributed by atoms with Crippen LogP contribution in [0.25, 0.3) is 0 Å². The normalized spacial score (nSPS) is 16.8. The molecule has 0 aromatic heterocycles. The van der Waals surface area contributed by atoms with Gasteiger partial charge in [0.05, 0.1) is 0 Å². The molecule has 3 nitrogen and oxygen atoms in total. The lowest BCUT2D eigenvalue weighted by molar-refractivity contribution is -0.137. The van der Waals surface area contributed by atoms with Crippen LogP contribution < -0.4 is 4.90 Å². The van der Waals surface area contributed by atoms with Crippen molar-refractivity contribution in [1.82, 2.24) is 0 Å². The number of hydrogen-bond donors (Lipinski definition) is 0. The van der Waals surface area contributed by atoms with Gasteiger partial charge in [-0.25, -0.2) is 0 Å². The second kappa shape index (κ2) is 4.37. The third kappa shape index (κ3) is 2.02. The average molecular weight is 282 g/mol. The summed E-state index contributed by atoms with van der Waals surface area (Å²) in [6.45, 7) is 2.59. The van der Waals surface area contributed by atoms with E-state index in [0.29, 0.717) is 13.0 Å². The lowest BCUT2D eigenvalue weighted by Crippen LogP contribution is -2.41. The molecule has 84 valence electrons. The lowest BCUT2D eigenvalue weighted by atomic mass is 10.1. The fourth-order valence-electron chi connectivity index (χ4n) is 1.80. The fraction of sp³-hybridized carbons (Fsp3) is 0.333. The van der Waals surface area contributed by atoms with Gasteiger partial charge in [0, 0.05) is 23.1 Å². The summed E-state index contributed by atoms with van der Waals surface area (Å²) >= 11 is 3.41. The van der Waals surface area contributed by atoms with Crippen LogP contribution in [0.1, 0.15) is 18.4 Å². The molecule has 1 aromatic carbocycles. The Morgan fingerprint density at radius 1 is 1.31 bits per heavy atom. The maximum Gasteiger partial charge on any atom is 0.294 e. The number of carbonyl (C=O) groups is 2. The summed E-state index contributed by atoms with van der Waals surface area (Å²) in [5, 5.41) is 0. The second-order valence-corrected chi connectivity index (χ2v) is 4.77. The highest BCUT2D eigenvalue weighted by atomic mass is 79.9. The highest BCUT2D eigenvalue weighted by Crippen LogP contribution is 2.25. The molecular formula is C12H12BrNO2. The van der Waals surface area contributed by atoms with E-state index in [9.17, 15) is 9.59 Å². The van der Waals surface area contributed by atoms with Crippen molar-refractivity contribution < 1.29 is 9.59 Å². The number of carbonyl (C=O) groups excluding carboxylic acids is 2. The van der Waals surface area contributed by atoms with Crippen LogP contribution >= 0.6 is 15.9 Å². The number of piperidine rings is 1. The van der Waals surface area contributed by atoms with Crippen molar-refractivity contribution in [2.75, 3.05) is 11.4 Å². The van der Waals surface area contributed by atoms with Gasteiger partial charge in [0.15, 0.2) is 0 Å². The Morgan fingerprint density at radius 3 is 2.75 bits per heavy atom. The molecule has 1 fully saturated rings. The first-order valence-electron chi connectivity index (χ1n) is 5.20. The van der Waals surface area contributed by atoms with Crippen molar-refractivity contribution in [1.29, 1.82) is 0 Å². The number of rotatable bonds is 1.